The molecule has 2 aliphatic rings. The third-order valence-electron chi connectivity index (χ3n) is 4.34. The molecule has 1 saturated heterocycles. The maximum atomic E-state index is 12.4. The first-order chi connectivity index (χ1) is 9.58. The number of carbonyl (C=O) groups excluding carboxylic acids is 1. The van der Waals surface area contributed by atoms with Crippen LogP contribution in [0, 0.1) is 5.92 Å². The second-order valence-corrected chi connectivity index (χ2v) is 6.23. The molecule has 0 bridgehead atoms. The van der Waals surface area contributed by atoms with E-state index in [2.05, 4.69) is 24.0 Å². The Labute approximate surface area is 123 Å². The Morgan fingerprint density at radius 3 is 2.55 bits per heavy atom. The van der Waals surface area contributed by atoms with Crippen LogP contribution in [0.1, 0.15) is 46.5 Å². The largest absolute Gasteiger partial charge is 0.316 e. The van der Waals surface area contributed by atoms with Gasteiger partial charge in [0.25, 0.3) is 0 Å². The molecule has 3 nitrogen and oxygen atoms in total. The molecule has 0 N–H and O–H groups in total. The second-order valence-electron chi connectivity index (χ2n) is 6.23. The Kier molecular flexibility index (Phi) is 5.41. The molecule has 0 aromatic carbocycles. The maximum Gasteiger partial charge on any atom is 0.233 e. The van der Waals surface area contributed by atoms with E-state index in [1.165, 1.54) is 37.9 Å². The van der Waals surface area contributed by atoms with E-state index in [4.69, 9.17) is 0 Å². The first-order valence-electron chi connectivity index (χ1n) is 7.98. The third-order valence-corrected chi connectivity index (χ3v) is 4.34. The van der Waals surface area contributed by atoms with Gasteiger partial charge in [-0.05, 0) is 58.8 Å². The van der Waals surface area contributed by atoms with Crippen molar-refractivity contribution in [1.29, 1.82) is 0 Å². The molecule has 112 valence electrons. The molecule has 0 aromatic rings. The number of carbonyl (C=O) groups is 1. The molecule has 1 atom stereocenters. The highest BCUT2D eigenvalue weighted by Crippen LogP contribution is 2.20. The van der Waals surface area contributed by atoms with Gasteiger partial charge in [0.2, 0.25) is 5.91 Å². The summed E-state index contributed by atoms with van der Waals surface area (Å²) in [6.45, 7) is 10.6. The first kappa shape index (κ1) is 15.3. The van der Waals surface area contributed by atoms with Gasteiger partial charge in [0, 0.05) is 12.2 Å². The van der Waals surface area contributed by atoms with E-state index < -0.39 is 0 Å². The molecule has 1 fully saturated rings. The zero-order valence-electron chi connectivity index (χ0n) is 13.2. The zero-order valence-corrected chi connectivity index (χ0v) is 13.2. The fourth-order valence-electron chi connectivity index (χ4n) is 3.26. The molecule has 3 heteroatoms. The van der Waals surface area contributed by atoms with E-state index in [0.29, 0.717) is 0 Å². The molecule has 0 aromatic heterocycles. The lowest BCUT2D eigenvalue weighted by molar-refractivity contribution is -0.131. The van der Waals surface area contributed by atoms with Crippen LogP contribution in [0.3, 0.4) is 0 Å². The van der Waals surface area contributed by atoms with Crippen molar-refractivity contribution in [2.75, 3.05) is 26.2 Å². The summed E-state index contributed by atoms with van der Waals surface area (Å²) in [4.78, 5) is 16.9. The number of piperidine rings is 1. The molecule has 20 heavy (non-hydrogen) atoms. The van der Waals surface area contributed by atoms with E-state index in [-0.39, 0.29) is 11.8 Å². The van der Waals surface area contributed by atoms with E-state index in [0.717, 1.165) is 25.2 Å². The van der Waals surface area contributed by atoms with E-state index in [1.54, 1.807) is 0 Å². The van der Waals surface area contributed by atoms with Crippen molar-refractivity contribution in [3.8, 4) is 0 Å². The molecule has 0 spiro atoms. The van der Waals surface area contributed by atoms with Crippen molar-refractivity contribution in [3.05, 3.63) is 23.4 Å². The van der Waals surface area contributed by atoms with Gasteiger partial charge in [0.15, 0.2) is 0 Å². The highest BCUT2D eigenvalue weighted by Gasteiger charge is 2.22. The van der Waals surface area contributed by atoms with Gasteiger partial charge in [0.05, 0.1) is 5.92 Å². The maximum absolute atomic E-state index is 12.4. The number of hydrogen-bond donors (Lipinski definition) is 0. The normalized spacial score (nSPS) is 25.2. The second kappa shape index (κ2) is 7.07. The van der Waals surface area contributed by atoms with Crippen LogP contribution in [0.25, 0.3) is 0 Å². The van der Waals surface area contributed by atoms with Gasteiger partial charge < -0.3 is 9.80 Å². The summed E-state index contributed by atoms with van der Waals surface area (Å²) in [5, 5.41) is 0. The Balaban J connectivity index is 1.87. The van der Waals surface area contributed by atoms with Crippen molar-refractivity contribution in [3.63, 3.8) is 0 Å². The van der Waals surface area contributed by atoms with Crippen molar-refractivity contribution >= 4 is 5.91 Å². The molecule has 1 unspecified atom stereocenters. The SMILES string of the molecule is CC1=CC(C)C(=O)N(CCCN2CCCCC2)C(C)=C1. The minimum atomic E-state index is -0.00122. The molecule has 0 radical (unpaired) electrons. The minimum Gasteiger partial charge on any atom is -0.316 e. The molecular weight excluding hydrogens is 248 g/mol. The van der Waals surface area contributed by atoms with Crippen molar-refractivity contribution in [1.82, 2.24) is 9.80 Å². The van der Waals surface area contributed by atoms with Crippen LogP contribution in [0.4, 0.5) is 0 Å². The first-order valence-corrected chi connectivity index (χ1v) is 7.98. The summed E-state index contributed by atoms with van der Waals surface area (Å²) in [5.41, 5.74) is 2.29. The third kappa shape index (κ3) is 3.95. The predicted octanol–water partition coefficient (Wildman–Crippen LogP) is 3.19. The summed E-state index contributed by atoms with van der Waals surface area (Å²) in [6, 6.07) is 0. The number of likely N-dealkylation sites (tertiary alicyclic amines) is 1. The fraction of sp³-hybridized carbons (Fsp3) is 0.706. The van der Waals surface area contributed by atoms with Gasteiger partial charge >= 0.3 is 0 Å². The Morgan fingerprint density at radius 2 is 1.85 bits per heavy atom. The molecule has 1 amide bonds. The minimum absolute atomic E-state index is 0.00122. The summed E-state index contributed by atoms with van der Waals surface area (Å²) in [5.74, 6) is 0.243. The fourth-order valence-corrected chi connectivity index (χ4v) is 3.26. The van der Waals surface area contributed by atoms with E-state index in [9.17, 15) is 4.79 Å². The summed E-state index contributed by atoms with van der Waals surface area (Å²) < 4.78 is 0. The van der Waals surface area contributed by atoms with Crippen LogP contribution in [-0.2, 0) is 4.79 Å². The van der Waals surface area contributed by atoms with Gasteiger partial charge in [-0.25, -0.2) is 0 Å². The van der Waals surface area contributed by atoms with Crippen LogP contribution in [0.15, 0.2) is 23.4 Å². The molecule has 0 aliphatic carbocycles. The van der Waals surface area contributed by atoms with Crippen LogP contribution in [-0.4, -0.2) is 41.9 Å². The molecule has 2 rings (SSSR count). The monoisotopic (exact) mass is 276 g/mol. The van der Waals surface area contributed by atoms with Crippen molar-refractivity contribution < 1.29 is 4.79 Å². The van der Waals surface area contributed by atoms with Gasteiger partial charge in [-0.2, -0.15) is 0 Å². The number of hydrogen-bond acceptors (Lipinski definition) is 2. The van der Waals surface area contributed by atoms with Crippen LogP contribution < -0.4 is 0 Å². The molecular formula is C17H28N2O. The van der Waals surface area contributed by atoms with Crippen molar-refractivity contribution in [2.45, 2.75) is 46.5 Å². The van der Waals surface area contributed by atoms with Crippen LogP contribution in [0.2, 0.25) is 0 Å². The lowest BCUT2D eigenvalue weighted by atomic mass is 10.1. The van der Waals surface area contributed by atoms with Crippen LogP contribution in [0.5, 0.6) is 0 Å². The number of nitrogens with zero attached hydrogens (tertiary/aromatic N) is 2. The van der Waals surface area contributed by atoms with Gasteiger partial charge in [-0.15, -0.1) is 0 Å². The number of rotatable bonds is 4. The molecule has 2 aliphatic heterocycles. The lowest BCUT2D eigenvalue weighted by Crippen LogP contribution is -2.36. The smallest absolute Gasteiger partial charge is 0.233 e. The van der Waals surface area contributed by atoms with E-state index >= 15 is 0 Å². The molecule has 0 saturated carbocycles. The number of allylic oxidation sites excluding steroid dienone is 3. The Hall–Kier alpha value is -1.09. The summed E-state index contributed by atoms with van der Waals surface area (Å²) in [7, 11) is 0. The Bertz CT molecular complexity index is 405. The summed E-state index contributed by atoms with van der Waals surface area (Å²) >= 11 is 0. The van der Waals surface area contributed by atoms with Crippen molar-refractivity contribution in [2.24, 2.45) is 5.92 Å². The predicted molar refractivity (Wildman–Crippen MR) is 83.3 cm³/mol. The van der Waals surface area contributed by atoms with E-state index in [1.807, 2.05) is 18.7 Å². The standard InChI is InChI=1S/C17H28N2O/c1-14-12-15(2)17(20)19(16(3)13-14)11-7-10-18-8-5-4-6-9-18/h12-13,15H,4-11H2,1-3H3. The van der Waals surface area contributed by atoms with Gasteiger partial charge in [-0.1, -0.05) is 25.0 Å². The summed E-state index contributed by atoms with van der Waals surface area (Å²) in [6.07, 6.45) is 9.32. The topological polar surface area (TPSA) is 23.6 Å². The number of amides is 1. The Morgan fingerprint density at radius 1 is 1.15 bits per heavy atom. The van der Waals surface area contributed by atoms with Gasteiger partial charge in [0.1, 0.15) is 0 Å². The highest BCUT2D eigenvalue weighted by molar-refractivity contribution is 5.82. The quantitative estimate of drug-likeness (QED) is 0.787. The van der Waals surface area contributed by atoms with Gasteiger partial charge in [-0.3, -0.25) is 4.79 Å². The lowest BCUT2D eigenvalue weighted by Gasteiger charge is -2.29. The van der Waals surface area contributed by atoms with Crippen LogP contribution >= 0.6 is 0 Å². The molecule has 2 heterocycles. The average molecular weight is 276 g/mol. The zero-order chi connectivity index (χ0) is 14.5. The average Bonchev–Trinajstić information content (AvgIpc) is 2.51. The highest BCUT2D eigenvalue weighted by atomic mass is 16.2.